The number of hydrogen-bond acceptors (Lipinski definition) is 3. The summed E-state index contributed by atoms with van der Waals surface area (Å²) in [6, 6.07) is 69.8. The third-order valence-electron chi connectivity index (χ3n) is 11.8. The first-order valence-corrected chi connectivity index (χ1v) is 19.6. The maximum absolute atomic E-state index is 6.51. The number of rotatable bonds is 6. The molecular weight excluding hydrogens is 693 g/mol. The highest BCUT2D eigenvalue weighted by molar-refractivity contribution is 6.18. The summed E-state index contributed by atoms with van der Waals surface area (Å²) in [7, 11) is 0. The van der Waals surface area contributed by atoms with Crippen molar-refractivity contribution in [2.45, 2.75) is 19.3 Å². The molecule has 0 amide bonds. The lowest BCUT2D eigenvalue weighted by molar-refractivity contribution is 0.623. The van der Waals surface area contributed by atoms with Gasteiger partial charge in [-0.3, -0.25) is 0 Å². The number of fused-ring (bicyclic) bond motifs is 8. The van der Waals surface area contributed by atoms with E-state index in [2.05, 4.69) is 183 Å². The van der Waals surface area contributed by atoms with Gasteiger partial charge < -0.3 is 9.32 Å². The molecule has 270 valence electrons. The SMILES string of the molecule is CC1(C)c2ccccc2-c2cccc(N(c3cccc(-c4ccc5c(ccc6ccc7nc(-c8ccccc8)oc7c65)c4)c3)c3ccccc3-c3ccccc3)c21. The summed E-state index contributed by atoms with van der Waals surface area (Å²) >= 11 is 0. The number of hydrogen-bond donors (Lipinski definition) is 0. The number of oxazole rings is 1. The van der Waals surface area contributed by atoms with Crippen molar-refractivity contribution in [2.24, 2.45) is 0 Å². The molecule has 0 saturated carbocycles. The van der Waals surface area contributed by atoms with E-state index >= 15 is 0 Å². The first kappa shape index (κ1) is 33.1. The third-order valence-corrected chi connectivity index (χ3v) is 11.8. The van der Waals surface area contributed by atoms with Crippen molar-refractivity contribution in [3.05, 3.63) is 205 Å². The van der Waals surface area contributed by atoms with E-state index in [1.165, 1.54) is 39.1 Å². The van der Waals surface area contributed by atoms with E-state index < -0.39 is 0 Å². The smallest absolute Gasteiger partial charge is 0.227 e. The summed E-state index contributed by atoms with van der Waals surface area (Å²) in [5.74, 6) is 0.637. The van der Waals surface area contributed by atoms with Gasteiger partial charge in [-0.25, -0.2) is 4.98 Å². The van der Waals surface area contributed by atoms with Crippen LogP contribution < -0.4 is 4.90 Å². The van der Waals surface area contributed by atoms with E-state index in [1.807, 2.05) is 30.3 Å². The van der Waals surface area contributed by atoms with Gasteiger partial charge in [-0.15, -0.1) is 0 Å². The van der Waals surface area contributed by atoms with E-state index in [0.29, 0.717) is 5.89 Å². The molecule has 0 aliphatic heterocycles. The van der Waals surface area contributed by atoms with Crippen LogP contribution in [-0.4, -0.2) is 4.98 Å². The lowest BCUT2D eigenvalue weighted by Gasteiger charge is -2.33. The molecule has 0 radical (unpaired) electrons. The molecule has 9 aromatic carbocycles. The Labute approximate surface area is 332 Å². The topological polar surface area (TPSA) is 29.3 Å². The van der Waals surface area contributed by atoms with Gasteiger partial charge in [-0.1, -0.05) is 159 Å². The highest BCUT2D eigenvalue weighted by Gasteiger charge is 2.39. The summed E-state index contributed by atoms with van der Waals surface area (Å²) in [6.45, 7) is 4.74. The van der Waals surface area contributed by atoms with E-state index in [4.69, 9.17) is 9.40 Å². The van der Waals surface area contributed by atoms with Crippen LogP contribution in [0, 0.1) is 0 Å². The summed E-state index contributed by atoms with van der Waals surface area (Å²) in [4.78, 5) is 7.36. The number of benzene rings is 9. The van der Waals surface area contributed by atoms with Gasteiger partial charge in [-0.2, -0.15) is 0 Å². The molecule has 0 spiro atoms. The van der Waals surface area contributed by atoms with Gasteiger partial charge >= 0.3 is 0 Å². The van der Waals surface area contributed by atoms with Crippen molar-refractivity contribution < 1.29 is 4.42 Å². The lowest BCUT2D eigenvalue weighted by Crippen LogP contribution is -2.21. The second-order valence-corrected chi connectivity index (χ2v) is 15.5. The van der Waals surface area contributed by atoms with Crippen LogP contribution in [0.1, 0.15) is 25.0 Å². The van der Waals surface area contributed by atoms with E-state index in [0.717, 1.165) is 60.7 Å². The molecule has 1 aliphatic carbocycles. The van der Waals surface area contributed by atoms with Crippen molar-refractivity contribution in [3.8, 4) is 44.8 Å². The molecule has 0 N–H and O–H groups in total. The van der Waals surface area contributed by atoms with Crippen LogP contribution in [0.15, 0.2) is 199 Å². The Morgan fingerprint density at radius 3 is 1.95 bits per heavy atom. The number of anilines is 3. The van der Waals surface area contributed by atoms with Gasteiger partial charge in [0.2, 0.25) is 5.89 Å². The predicted octanol–water partition coefficient (Wildman–Crippen LogP) is 14.9. The van der Waals surface area contributed by atoms with Crippen molar-refractivity contribution in [1.29, 1.82) is 0 Å². The zero-order valence-corrected chi connectivity index (χ0v) is 31.8. The molecule has 10 aromatic rings. The number of para-hydroxylation sites is 1. The maximum Gasteiger partial charge on any atom is 0.227 e. The van der Waals surface area contributed by atoms with Gasteiger partial charge in [0.1, 0.15) is 5.52 Å². The molecule has 0 atom stereocenters. The van der Waals surface area contributed by atoms with Gasteiger partial charge in [0, 0.05) is 27.6 Å². The Morgan fingerprint density at radius 2 is 1.11 bits per heavy atom. The molecule has 57 heavy (non-hydrogen) atoms. The monoisotopic (exact) mass is 730 g/mol. The quantitative estimate of drug-likeness (QED) is 0.160. The van der Waals surface area contributed by atoms with E-state index in [9.17, 15) is 0 Å². The normalized spacial score (nSPS) is 12.9. The van der Waals surface area contributed by atoms with Crippen molar-refractivity contribution >= 4 is 49.7 Å². The van der Waals surface area contributed by atoms with E-state index in [-0.39, 0.29) is 5.41 Å². The summed E-state index contributed by atoms with van der Waals surface area (Å²) in [5.41, 5.74) is 15.9. The number of aromatic nitrogens is 1. The molecule has 0 fully saturated rings. The van der Waals surface area contributed by atoms with Crippen LogP contribution in [0.5, 0.6) is 0 Å². The maximum atomic E-state index is 6.51. The number of nitrogens with zero attached hydrogens (tertiary/aromatic N) is 2. The fourth-order valence-electron chi connectivity index (χ4n) is 9.18. The van der Waals surface area contributed by atoms with Crippen molar-refractivity contribution in [3.63, 3.8) is 0 Å². The minimum Gasteiger partial charge on any atom is -0.435 e. The van der Waals surface area contributed by atoms with Crippen LogP contribution >= 0.6 is 0 Å². The van der Waals surface area contributed by atoms with Gasteiger partial charge in [0.05, 0.1) is 11.4 Å². The largest absolute Gasteiger partial charge is 0.435 e. The first-order chi connectivity index (χ1) is 28.0. The van der Waals surface area contributed by atoms with Crippen LogP contribution in [0.3, 0.4) is 0 Å². The standard InChI is InChI=1S/C54H38N2O/c1-54(2)46-24-11-9-22-44(46)45-23-14-26-49(51(45)54)56(48-25-12-10-21-42(48)35-15-5-3-6-16-35)41-20-13-19-38(34-41)39-29-31-43-40(33-39)28-27-36-30-32-47-52(50(36)43)57-53(55-47)37-17-7-4-8-18-37/h3-34H,1-2H3. The first-order valence-electron chi connectivity index (χ1n) is 19.6. The Morgan fingerprint density at radius 1 is 0.474 bits per heavy atom. The molecule has 3 heteroatoms. The van der Waals surface area contributed by atoms with Gasteiger partial charge in [0.15, 0.2) is 5.58 Å². The van der Waals surface area contributed by atoms with Crippen LogP contribution in [-0.2, 0) is 5.41 Å². The Kier molecular flexibility index (Phi) is 7.52. The molecule has 1 aliphatic rings. The fraction of sp³-hybridized carbons (Fsp3) is 0.0556. The van der Waals surface area contributed by atoms with Gasteiger partial charge in [-0.05, 0) is 104 Å². The van der Waals surface area contributed by atoms with Crippen LogP contribution in [0.25, 0.3) is 77.5 Å². The van der Waals surface area contributed by atoms with Crippen molar-refractivity contribution in [1.82, 2.24) is 4.98 Å². The second kappa shape index (κ2) is 12.9. The average Bonchev–Trinajstić information content (AvgIpc) is 3.81. The molecule has 0 unspecified atom stereocenters. The second-order valence-electron chi connectivity index (χ2n) is 15.5. The zero-order chi connectivity index (χ0) is 38.1. The molecular formula is C54H38N2O. The van der Waals surface area contributed by atoms with Crippen LogP contribution in [0.2, 0.25) is 0 Å². The molecule has 3 nitrogen and oxygen atoms in total. The Balaban J connectivity index is 1.08. The Bertz CT molecular complexity index is 3160. The van der Waals surface area contributed by atoms with Crippen LogP contribution in [0.4, 0.5) is 17.1 Å². The summed E-state index contributed by atoms with van der Waals surface area (Å²) < 4.78 is 6.51. The summed E-state index contributed by atoms with van der Waals surface area (Å²) in [6.07, 6.45) is 0. The third kappa shape index (κ3) is 5.31. The van der Waals surface area contributed by atoms with E-state index in [1.54, 1.807) is 0 Å². The molecule has 11 rings (SSSR count). The highest BCUT2D eigenvalue weighted by atomic mass is 16.3. The highest BCUT2D eigenvalue weighted by Crippen LogP contribution is 2.55. The van der Waals surface area contributed by atoms with Gasteiger partial charge in [0.25, 0.3) is 0 Å². The molecule has 0 bridgehead atoms. The minimum absolute atomic E-state index is 0.196. The predicted molar refractivity (Wildman–Crippen MR) is 238 cm³/mol. The lowest BCUT2D eigenvalue weighted by atomic mass is 9.81. The molecule has 1 aromatic heterocycles. The molecule has 0 saturated heterocycles. The fourth-order valence-corrected chi connectivity index (χ4v) is 9.18. The Hall–Kier alpha value is -7.23. The molecule has 1 heterocycles. The summed E-state index contributed by atoms with van der Waals surface area (Å²) in [5, 5.41) is 4.52. The zero-order valence-electron chi connectivity index (χ0n) is 31.8. The minimum atomic E-state index is -0.196. The van der Waals surface area contributed by atoms with Crippen molar-refractivity contribution in [2.75, 3.05) is 4.90 Å². The average molecular weight is 731 g/mol.